The second-order valence-electron chi connectivity index (χ2n) is 8.31. The highest BCUT2D eigenvalue weighted by atomic mass is 19.1. The van der Waals surface area contributed by atoms with Crippen molar-refractivity contribution in [1.82, 2.24) is 5.32 Å². The number of amides is 1. The number of halogens is 1. The van der Waals surface area contributed by atoms with Crippen LogP contribution in [0.2, 0.25) is 0 Å². The second kappa shape index (κ2) is 6.05. The van der Waals surface area contributed by atoms with Crippen molar-refractivity contribution in [3.63, 3.8) is 0 Å². The molecule has 4 aliphatic rings. The highest BCUT2D eigenvalue weighted by Gasteiger charge is 2.53. The standard InChI is InChI=1S/C20H26FNO2/c1-13(20-9-14-6-15(10-20)8-16(7-14)11-20)22-19(23)12-24-18-4-2-17(21)3-5-18/h2-5,13-16H,6-12H2,1H3,(H,22,23)/t13-,14?,15?,16?,20?/m1/s1. The Morgan fingerprint density at radius 1 is 1.17 bits per heavy atom. The minimum atomic E-state index is -0.303. The third kappa shape index (κ3) is 3.03. The number of nitrogens with one attached hydrogen (secondary N) is 1. The van der Waals surface area contributed by atoms with Gasteiger partial charge in [-0.3, -0.25) is 4.79 Å². The summed E-state index contributed by atoms with van der Waals surface area (Å²) in [6, 6.07) is 5.97. The van der Waals surface area contributed by atoms with Gasteiger partial charge in [0.25, 0.3) is 5.91 Å². The molecule has 5 rings (SSSR count). The van der Waals surface area contributed by atoms with E-state index in [1.54, 1.807) is 12.1 Å². The first-order valence-corrected chi connectivity index (χ1v) is 9.20. The van der Waals surface area contributed by atoms with Crippen molar-refractivity contribution in [2.24, 2.45) is 23.2 Å². The van der Waals surface area contributed by atoms with Gasteiger partial charge in [0.15, 0.2) is 6.61 Å². The molecule has 0 saturated heterocycles. The summed E-state index contributed by atoms with van der Waals surface area (Å²) in [6.07, 6.45) is 8.06. The van der Waals surface area contributed by atoms with Gasteiger partial charge in [0.2, 0.25) is 0 Å². The summed E-state index contributed by atoms with van der Waals surface area (Å²) >= 11 is 0. The lowest BCUT2D eigenvalue weighted by atomic mass is 9.48. The van der Waals surface area contributed by atoms with E-state index in [2.05, 4.69) is 12.2 Å². The molecule has 4 saturated carbocycles. The number of rotatable bonds is 5. The zero-order chi connectivity index (χ0) is 16.7. The number of hydrogen-bond acceptors (Lipinski definition) is 2. The highest BCUT2D eigenvalue weighted by molar-refractivity contribution is 5.77. The average Bonchev–Trinajstić information content (AvgIpc) is 2.53. The maximum absolute atomic E-state index is 12.9. The van der Waals surface area contributed by atoms with Gasteiger partial charge in [0.1, 0.15) is 11.6 Å². The number of hydrogen-bond donors (Lipinski definition) is 1. The molecule has 0 unspecified atom stereocenters. The minimum absolute atomic E-state index is 0.0116. The van der Waals surface area contributed by atoms with E-state index in [1.165, 1.54) is 50.7 Å². The fourth-order valence-corrected chi connectivity index (χ4v) is 5.82. The maximum atomic E-state index is 12.9. The molecule has 1 amide bonds. The Kier molecular flexibility index (Phi) is 4.01. The zero-order valence-corrected chi connectivity index (χ0v) is 14.3. The molecule has 1 atom stereocenters. The van der Waals surface area contributed by atoms with Crippen LogP contribution in [-0.4, -0.2) is 18.6 Å². The van der Waals surface area contributed by atoms with Crippen molar-refractivity contribution < 1.29 is 13.9 Å². The first-order valence-electron chi connectivity index (χ1n) is 9.20. The van der Waals surface area contributed by atoms with Crippen molar-refractivity contribution in [2.75, 3.05) is 6.61 Å². The van der Waals surface area contributed by atoms with Crippen LogP contribution in [-0.2, 0) is 4.79 Å². The normalized spacial score (nSPS) is 34.8. The quantitative estimate of drug-likeness (QED) is 0.888. The maximum Gasteiger partial charge on any atom is 0.258 e. The fraction of sp³-hybridized carbons (Fsp3) is 0.650. The lowest BCUT2D eigenvalue weighted by Crippen LogP contribution is -2.56. The van der Waals surface area contributed by atoms with E-state index in [0.717, 1.165) is 17.8 Å². The Hall–Kier alpha value is -1.58. The van der Waals surface area contributed by atoms with Crippen LogP contribution in [0, 0.1) is 29.0 Å². The van der Waals surface area contributed by atoms with Gasteiger partial charge in [-0.05, 0) is 92.9 Å². The Morgan fingerprint density at radius 2 is 1.71 bits per heavy atom. The number of ether oxygens (including phenoxy) is 1. The van der Waals surface area contributed by atoms with Gasteiger partial charge < -0.3 is 10.1 Å². The lowest BCUT2D eigenvalue weighted by Gasteiger charge is -2.59. The molecule has 1 aromatic carbocycles. The van der Waals surface area contributed by atoms with Gasteiger partial charge in [-0.1, -0.05) is 0 Å². The van der Waals surface area contributed by atoms with Crippen LogP contribution in [0.15, 0.2) is 24.3 Å². The van der Waals surface area contributed by atoms with Crippen molar-refractivity contribution in [1.29, 1.82) is 0 Å². The van der Waals surface area contributed by atoms with Gasteiger partial charge in [0.05, 0.1) is 0 Å². The minimum Gasteiger partial charge on any atom is -0.484 e. The van der Waals surface area contributed by atoms with E-state index in [-0.39, 0.29) is 24.4 Å². The molecule has 0 heterocycles. The molecule has 1 aromatic rings. The molecule has 0 aromatic heterocycles. The number of carbonyl (C=O) groups is 1. The fourth-order valence-electron chi connectivity index (χ4n) is 5.82. The SMILES string of the molecule is C[C@@H](NC(=O)COc1ccc(F)cc1)C12CC3CC(CC(C3)C1)C2. The summed E-state index contributed by atoms with van der Waals surface area (Å²) in [5.41, 5.74) is 0.306. The van der Waals surface area contributed by atoms with E-state index in [9.17, 15) is 9.18 Å². The first-order chi connectivity index (χ1) is 11.5. The van der Waals surface area contributed by atoms with Gasteiger partial charge in [0, 0.05) is 6.04 Å². The summed E-state index contributed by atoms with van der Waals surface area (Å²) in [7, 11) is 0. The van der Waals surface area contributed by atoms with Crippen LogP contribution in [0.25, 0.3) is 0 Å². The highest BCUT2D eigenvalue weighted by Crippen LogP contribution is 2.61. The Morgan fingerprint density at radius 3 is 2.25 bits per heavy atom. The summed E-state index contributed by atoms with van der Waals surface area (Å²) in [4.78, 5) is 12.3. The van der Waals surface area contributed by atoms with E-state index in [0.29, 0.717) is 11.2 Å². The molecule has 4 aliphatic carbocycles. The van der Waals surface area contributed by atoms with Gasteiger partial charge in [-0.2, -0.15) is 0 Å². The second-order valence-corrected chi connectivity index (χ2v) is 8.31. The first kappa shape index (κ1) is 15.9. The van der Waals surface area contributed by atoms with E-state index in [1.807, 2.05) is 0 Å². The van der Waals surface area contributed by atoms with Crippen molar-refractivity contribution in [3.05, 3.63) is 30.1 Å². The predicted molar refractivity (Wildman–Crippen MR) is 90.1 cm³/mol. The largest absolute Gasteiger partial charge is 0.484 e. The van der Waals surface area contributed by atoms with Crippen molar-refractivity contribution in [2.45, 2.75) is 51.5 Å². The molecule has 4 bridgehead atoms. The predicted octanol–water partition coefficient (Wildman–Crippen LogP) is 3.93. The summed E-state index contributed by atoms with van der Waals surface area (Å²) < 4.78 is 18.3. The number of benzene rings is 1. The molecular weight excluding hydrogens is 305 g/mol. The third-order valence-corrected chi connectivity index (χ3v) is 6.57. The van der Waals surface area contributed by atoms with Crippen molar-refractivity contribution >= 4 is 5.91 Å². The molecule has 4 fully saturated rings. The van der Waals surface area contributed by atoms with Crippen molar-refractivity contribution in [3.8, 4) is 5.75 Å². The van der Waals surface area contributed by atoms with Crippen LogP contribution >= 0.6 is 0 Å². The van der Waals surface area contributed by atoms with Crippen LogP contribution < -0.4 is 10.1 Å². The molecule has 1 N–H and O–H groups in total. The van der Waals surface area contributed by atoms with E-state index < -0.39 is 0 Å². The molecule has 130 valence electrons. The number of carbonyl (C=O) groups excluding carboxylic acids is 1. The summed E-state index contributed by atoms with van der Waals surface area (Å²) in [6.45, 7) is 2.16. The molecule has 0 aliphatic heterocycles. The van der Waals surface area contributed by atoms with Gasteiger partial charge >= 0.3 is 0 Å². The topological polar surface area (TPSA) is 38.3 Å². The molecule has 3 nitrogen and oxygen atoms in total. The lowest BCUT2D eigenvalue weighted by molar-refractivity contribution is -0.127. The monoisotopic (exact) mass is 331 g/mol. The molecule has 0 spiro atoms. The summed E-state index contributed by atoms with van der Waals surface area (Å²) in [5, 5.41) is 3.18. The van der Waals surface area contributed by atoms with Gasteiger partial charge in [-0.25, -0.2) is 4.39 Å². The Balaban J connectivity index is 1.33. The Labute approximate surface area is 143 Å². The van der Waals surface area contributed by atoms with Crippen LogP contribution in [0.5, 0.6) is 5.75 Å². The molecule has 24 heavy (non-hydrogen) atoms. The third-order valence-electron chi connectivity index (χ3n) is 6.57. The van der Waals surface area contributed by atoms with E-state index >= 15 is 0 Å². The molecular formula is C20H26FNO2. The van der Waals surface area contributed by atoms with Crippen LogP contribution in [0.1, 0.15) is 45.4 Å². The Bertz CT molecular complexity index is 577. The summed E-state index contributed by atoms with van der Waals surface area (Å²) in [5.74, 6) is 2.78. The van der Waals surface area contributed by atoms with Crippen LogP contribution in [0.3, 0.4) is 0 Å². The molecule has 0 radical (unpaired) electrons. The van der Waals surface area contributed by atoms with Crippen LogP contribution in [0.4, 0.5) is 4.39 Å². The zero-order valence-electron chi connectivity index (χ0n) is 14.3. The average molecular weight is 331 g/mol. The smallest absolute Gasteiger partial charge is 0.258 e. The van der Waals surface area contributed by atoms with Gasteiger partial charge in [-0.15, -0.1) is 0 Å². The molecule has 4 heteroatoms. The van der Waals surface area contributed by atoms with E-state index in [4.69, 9.17) is 4.74 Å².